The molecule has 1 fully saturated rings. The molecular formula is C23H27N3OS. The van der Waals surface area contributed by atoms with E-state index in [9.17, 15) is 0 Å². The summed E-state index contributed by atoms with van der Waals surface area (Å²) in [6.45, 7) is 5.28. The van der Waals surface area contributed by atoms with Crippen LogP contribution in [-0.4, -0.2) is 43.2 Å². The zero-order valence-electron chi connectivity index (χ0n) is 16.4. The van der Waals surface area contributed by atoms with Gasteiger partial charge in [0.15, 0.2) is 0 Å². The van der Waals surface area contributed by atoms with E-state index in [4.69, 9.17) is 9.72 Å². The fraction of sp³-hybridized carbons (Fsp3) is 0.348. The van der Waals surface area contributed by atoms with E-state index in [0.717, 1.165) is 44.9 Å². The lowest BCUT2D eigenvalue weighted by molar-refractivity contribution is 0.282. The van der Waals surface area contributed by atoms with Crippen molar-refractivity contribution in [1.29, 1.82) is 0 Å². The van der Waals surface area contributed by atoms with Gasteiger partial charge < -0.3 is 9.64 Å². The number of anilines is 1. The highest BCUT2D eigenvalue weighted by atomic mass is 32.1. The van der Waals surface area contributed by atoms with Gasteiger partial charge in [0.05, 0.1) is 17.8 Å². The largest absolute Gasteiger partial charge is 0.497 e. The Morgan fingerprint density at radius 2 is 1.79 bits per heavy atom. The van der Waals surface area contributed by atoms with E-state index >= 15 is 0 Å². The van der Waals surface area contributed by atoms with E-state index in [1.54, 1.807) is 18.4 Å². The second-order valence-electron chi connectivity index (χ2n) is 7.21. The van der Waals surface area contributed by atoms with Gasteiger partial charge in [-0.2, -0.15) is 0 Å². The molecule has 0 N–H and O–H groups in total. The van der Waals surface area contributed by atoms with Crippen molar-refractivity contribution in [3.8, 4) is 5.75 Å². The predicted molar refractivity (Wildman–Crippen MR) is 116 cm³/mol. The number of nitrogens with zero attached hydrogens (tertiary/aromatic N) is 3. The summed E-state index contributed by atoms with van der Waals surface area (Å²) in [6.07, 6.45) is 2.10. The third kappa shape index (κ3) is 4.91. The molecule has 146 valence electrons. The van der Waals surface area contributed by atoms with E-state index in [2.05, 4.69) is 57.6 Å². The number of hydrogen-bond acceptors (Lipinski definition) is 5. The molecule has 3 aromatic rings. The van der Waals surface area contributed by atoms with Crippen LogP contribution in [-0.2, 0) is 13.0 Å². The van der Waals surface area contributed by atoms with Crippen molar-refractivity contribution >= 4 is 17.0 Å². The number of methoxy groups -OCH3 is 1. The Morgan fingerprint density at radius 3 is 2.57 bits per heavy atom. The maximum absolute atomic E-state index is 5.27. The number of rotatable bonds is 6. The summed E-state index contributed by atoms with van der Waals surface area (Å²) in [6, 6.07) is 19.0. The van der Waals surface area contributed by atoms with Crippen LogP contribution in [0.15, 0.2) is 60.0 Å². The van der Waals surface area contributed by atoms with Crippen LogP contribution in [0.1, 0.15) is 22.7 Å². The van der Waals surface area contributed by atoms with Crippen molar-refractivity contribution in [2.45, 2.75) is 19.4 Å². The van der Waals surface area contributed by atoms with Gasteiger partial charge in [-0.3, -0.25) is 4.90 Å². The maximum atomic E-state index is 5.27. The van der Waals surface area contributed by atoms with E-state index < -0.39 is 0 Å². The van der Waals surface area contributed by atoms with Gasteiger partial charge in [0.25, 0.3) is 0 Å². The van der Waals surface area contributed by atoms with Crippen LogP contribution >= 0.6 is 11.3 Å². The summed E-state index contributed by atoms with van der Waals surface area (Å²) in [5.74, 6) is 0.912. The number of benzene rings is 2. The predicted octanol–water partition coefficient (Wildman–Crippen LogP) is 4.45. The van der Waals surface area contributed by atoms with Crippen molar-refractivity contribution in [2.24, 2.45) is 0 Å². The Morgan fingerprint density at radius 1 is 0.964 bits per heavy atom. The number of hydrogen-bond donors (Lipinski definition) is 0. The minimum Gasteiger partial charge on any atom is -0.497 e. The molecule has 0 amide bonds. The minimum atomic E-state index is 0.912. The summed E-state index contributed by atoms with van der Waals surface area (Å²) >= 11 is 1.78. The molecule has 4 nitrogen and oxygen atoms in total. The Balaban J connectivity index is 1.32. The second-order valence-corrected chi connectivity index (χ2v) is 8.15. The van der Waals surface area contributed by atoms with Crippen LogP contribution < -0.4 is 9.64 Å². The number of aromatic nitrogens is 1. The lowest BCUT2D eigenvalue weighted by Crippen LogP contribution is -2.30. The number of thiazole rings is 1. The first kappa shape index (κ1) is 19.0. The van der Waals surface area contributed by atoms with E-state index in [1.807, 2.05) is 12.1 Å². The van der Waals surface area contributed by atoms with E-state index in [0.29, 0.717) is 0 Å². The Labute approximate surface area is 171 Å². The molecule has 2 aromatic carbocycles. The van der Waals surface area contributed by atoms with Gasteiger partial charge >= 0.3 is 0 Å². The second kappa shape index (κ2) is 9.22. The van der Waals surface area contributed by atoms with Crippen molar-refractivity contribution in [2.75, 3.05) is 38.2 Å². The highest BCUT2D eigenvalue weighted by Crippen LogP contribution is 2.21. The molecule has 0 atom stereocenters. The average Bonchev–Trinajstić information content (AvgIpc) is 3.04. The first-order chi connectivity index (χ1) is 13.8. The summed E-state index contributed by atoms with van der Waals surface area (Å²) in [4.78, 5) is 9.88. The van der Waals surface area contributed by atoms with Crippen molar-refractivity contribution in [1.82, 2.24) is 9.88 Å². The normalized spacial score (nSPS) is 15.4. The number of ether oxygens (including phenoxy) is 1. The monoisotopic (exact) mass is 393 g/mol. The molecule has 2 heterocycles. The van der Waals surface area contributed by atoms with Crippen LogP contribution in [0.2, 0.25) is 0 Å². The molecule has 1 saturated heterocycles. The fourth-order valence-corrected chi connectivity index (χ4v) is 4.50. The van der Waals surface area contributed by atoms with Gasteiger partial charge in [-0.15, -0.1) is 11.3 Å². The average molecular weight is 394 g/mol. The van der Waals surface area contributed by atoms with Crippen LogP contribution in [0, 0.1) is 0 Å². The molecule has 1 aliphatic heterocycles. The first-order valence-corrected chi connectivity index (χ1v) is 10.8. The molecule has 0 bridgehead atoms. The quantitative estimate of drug-likeness (QED) is 0.618. The lowest BCUT2D eigenvalue weighted by Gasteiger charge is -2.23. The summed E-state index contributed by atoms with van der Waals surface area (Å²) in [5.41, 5.74) is 3.81. The third-order valence-corrected chi connectivity index (χ3v) is 6.11. The molecule has 0 aliphatic carbocycles. The van der Waals surface area contributed by atoms with Crippen LogP contribution in [0.3, 0.4) is 0 Å². The van der Waals surface area contributed by atoms with Gasteiger partial charge in [0.2, 0.25) is 0 Å². The SMILES string of the molecule is COc1ccc(N2CCCN(Cc3csc(Cc4ccccc4)n3)CC2)cc1. The topological polar surface area (TPSA) is 28.6 Å². The van der Waals surface area contributed by atoms with Crippen molar-refractivity contribution in [3.05, 3.63) is 76.2 Å². The zero-order chi connectivity index (χ0) is 19.2. The Hall–Kier alpha value is -2.37. The van der Waals surface area contributed by atoms with Gasteiger partial charge in [-0.1, -0.05) is 30.3 Å². The minimum absolute atomic E-state index is 0.912. The zero-order valence-corrected chi connectivity index (χ0v) is 17.2. The van der Waals surface area contributed by atoms with Crippen molar-refractivity contribution in [3.63, 3.8) is 0 Å². The van der Waals surface area contributed by atoms with Gasteiger partial charge in [0, 0.05) is 50.2 Å². The van der Waals surface area contributed by atoms with Gasteiger partial charge in [-0.05, 0) is 36.2 Å². The molecule has 1 aromatic heterocycles. The van der Waals surface area contributed by atoms with E-state index in [-0.39, 0.29) is 0 Å². The molecule has 1 aliphatic rings. The molecule has 0 spiro atoms. The van der Waals surface area contributed by atoms with Gasteiger partial charge in [-0.25, -0.2) is 4.98 Å². The summed E-state index contributed by atoms with van der Waals surface area (Å²) in [7, 11) is 1.71. The molecule has 5 heteroatoms. The lowest BCUT2D eigenvalue weighted by atomic mass is 10.2. The molecular weight excluding hydrogens is 366 g/mol. The highest BCUT2D eigenvalue weighted by molar-refractivity contribution is 7.09. The summed E-state index contributed by atoms with van der Waals surface area (Å²) < 4.78 is 5.27. The smallest absolute Gasteiger partial charge is 0.119 e. The standard InChI is InChI=1S/C23H27N3OS/c1-27-22-10-8-21(9-11-22)26-13-5-12-25(14-15-26)17-20-18-28-23(24-20)16-19-6-3-2-4-7-19/h2-4,6-11,18H,5,12-17H2,1H3. The van der Waals surface area contributed by atoms with Crippen LogP contribution in [0.25, 0.3) is 0 Å². The maximum Gasteiger partial charge on any atom is 0.119 e. The fourth-order valence-electron chi connectivity index (χ4n) is 3.68. The molecule has 0 radical (unpaired) electrons. The molecule has 4 rings (SSSR count). The van der Waals surface area contributed by atoms with Gasteiger partial charge in [0.1, 0.15) is 5.75 Å². The molecule has 0 unspecified atom stereocenters. The van der Waals surface area contributed by atoms with Crippen LogP contribution in [0.5, 0.6) is 5.75 Å². The van der Waals surface area contributed by atoms with Crippen LogP contribution in [0.4, 0.5) is 5.69 Å². The third-order valence-electron chi connectivity index (χ3n) is 5.21. The first-order valence-electron chi connectivity index (χ1n) is 9.89. The highest BCUT2D eigenvalue weighted by Gasteiger charge is 2.16. The summed E-state index contributed by atoms with van der Waals surface area (Å²) in [5, 5.41) is 3.43. The molecule has 0 saturated carbocycles. The van der Waals surface area contributed by atoms with E-state index in [1.165, 1.54) is 28.4 Å². The Kier molecular flexibility index (Phi) is 6.24. The molecule has 28 heavy (non-hydrogen) atoms. The van der Waals surface area contributed by atoms with Crippen molar-refractivity contribution < 1.29 is 4.74 Å². The Bertz CT molecular complexity index is 863.